The second kappa shape index (κ2) is 8.00. The molecule has 0 spiro atoms. The van der Waals surface area contributed by atoms with Crippen LogP contribution in [-0.4, -0.2) is 29.1 Å². The molecule has 0 radical (unpaired) electrons. The van der Waals surface area contributed by atoms with E-state index in [-0.39, 0.29) is 5.56 Å². The zero-order valence-corrected chi connectivity index (χ0v) is 12.5. The van der Waals surface area contributed by atoms with Crippen molar-refractivity contribution < 1.29 is 14.3 Å². The first-order valence-corrected chi connectivity index (χ1v) is 7.25. The third-order valence-corrected chi connectivity index (χ3v) is 3.73. The van der Waals surface area contributed by atoms with Crippen molar-refractivity contribution >= 4 is 5.97 Å². The molecule has 112 valence electrons. The van der Waals surface area contributed by atoms with Gasteiger partial charge in [-0.15, -0.1) is 0 Å². The van der Waals surface area contributed by atoms with Crippen LogP contribution in [0.15, 0.2) is 18.2 Å². The van der Waals surface area contributed by atoms with Crippen molar-refractivity contribution in [2.24, 2.45) is 5.92 Å². The summed E-state index contributed by atoms with van der Waals surface area (Å²) >= 11 is 0. The molecule has 0 bridgehead atoms. The van der Waals surface area contributed by atoms with Crippen molar-refractivity contribution in [2.45, 2.75) is 40.2 Å². The summed E-state index contributed by atoms with van der Waals surface area (Å²) in [6.45, 7) is 8.84. The summed E-state index contributed by atoms with van der Waals surface area (Å²) in [4.78, 5) is 13.2. The predicted molar refractivity (Wildman–Crippen MR) is 78.4 cm³/mol. The molecule has 1 N–H and O–H groups in total. The molecule has 1 rings (SSSR count). The van der Waals surface area contributed by atoms with Crippen LogP contribution in [0, 0.1) is 11.7 Å². The molecule has 0 fully saturated rings. The highest BCUT2D eigenvalue weighted by Gasteiger charge is 2.13. The molecule has 20 heavy (non-hydrogen) atoms. The Bertz CT molecular complexity index is 444. The van der Waals surface area contributed by atoms with Gasteiger partial charge in [0, 0.05) is 13.1 Å². The minimum atomic E-state index is -1.09. The highest BCUT2D eigenvalue weighted by molar-refractivity contribution is 5.87. The largest absolute Gasteiger partial charge is 0.478 e. The topological polar surface area (TPSA) is 40.5 Å². The van der Waals surface area contributed by atoms with E-state index in [4.69, 9.17) is 5.11 Å². The summed E-state index contributed by atoms with van der Waals surface area (Å²) in [6, 6.07) is 4.03. The number of hydrogen-bond donors (Lipinski definition) is 1. The number of rotatable bonds is 8. The van der Waals surface area contributed by atoms with E-state index in [2.05, 4.69) is 25.7 Å². The molecule has 0 aromatic heterocycles. The van der Waals surface area contributed by atoms with Crippen LogP contribution in [0.4, 0.5) is 4.39 Å². The van der Waals surface area contributed by atoms with E-state index in [1.54, 1.807) is 6.07 Å². The van der Waals surface area contributed by atoms with Crippen molar-refractivity contribution in [3.63, 3.8) is 0 Å². The van der Waals surface area contributed by atoms with Crippen molar-refractivity contribution in [3.05, 3.63) is 35.1 Å². The number of carboxylic acid groups (broad SMARTS) is 1. The third kappa shape index (κ3) is 4.93. The average molecular weight is 281 g/mol. The summed E-state index contributed by atoms with van der Waals surface area (Å²) in [6.07, 6.45) is 2.24. The van der Waals surface area contributed by atoms with Gasteiger partial charge < -0.3 is 5.11 Å². The van der Waals surface area contributed by atoms with Crippen molar-refractivity contribution in [1.29, 1.82) is 0 Å². The first kappa shape index (κ1) is 16.6. The summed E-state index contributed by atoms with van der Waals surface area (Å²) in [5.41, 5.74) is 0.730. The van der Waals surface area contributed by atoms with Crippen molar-refractivity contribution in [3.8, 4) is 0 Å². The van der Waals surface area contributed by atoms with Gasteiger partial charge >= 0.3 is 5.97 Å². The molecule has 0 unspecified atom stereocenters. The first-order chi connectivity index (χ1) is 9.49. The lowest BCUT2D eigenvalue weighted by atomic mass is 10.0. The number of benzene rings is 1. The van der Waals surface area contributed by atoms with Gasteiger partial charge in [0.25, 0.3) is 0 Å². The second-order valence-electron chi connectivity index (χ2n) is 5.16. The van der Waals surface area contributed by atoms with Crippen LogP contribution < -0.4 is 0 Å². The number of nitrogens with zero attached hydrogens (tertiary/aromatic N) is 1. The molecule has 1 aromatic carbocycles. The summed E-state index contributed by atoms with van der Waals surface area (Å²) in [7, 11) is 0. The highest BCUT2D eigenvalue weighted by Crippen LogP contribution is 2.15. The van der Waals surface area contributed by atoms with Crippen LogP contribution in [0.25, 0.3) is 0 Å². The lowest BCUT2D eigenvalue weighted by Gasteiger charge is -2.25. The Morgan fingerprint density at radius 1 is 1.25 bits per heavy atom. The van der Waals surface area contributed by atoms with E-state index in [0.29, 0.717) is 12.5 Å². The van der Waals surface area contributed by atoms with E-state index >= 15 is 0 Å². The van der Waals surface area contributed by atoms with E-state index in [0.717, 1.165) is 37.6 Å². The smallest absolute Gasteiger partial charge is 0.335 e. The zero-order valence-electron chi connectivity index (χ0n) is 12.5. The third-order valence-electron chi connectivity index (χ3n) is 3.73. The van der Waals surface area contributed by atoms with E-state index in [9.17, 15) is 9.18 Å². The predicted octanol–water partition coefficient (Wildman–Crippen LogP) is 3.78. The molecular formula is C16H24FNO2. The summed E-state index contributed by atoms with van der Waals surface area (Å²) in [5, 5.41) is 8.97. The lowest BCUT2D eigenvalue weighted by Crippen LogP contribution is -2.28. The van der Waals surface area contributed by atoms with Gasteiger partial charge in [-0.05, 0) is 36.2 Å². The maximum Gasteiger partial charge on any atom is 0.335 e. The van der Waals surface area contributed by atoms with Gasteiger partial charge in [0.15, 0.2) is 0 Å². The van der Waals surface area contributed by atoms with Crippen LogP contribution in [0.2, 0.25) is 0 Å². The summed E-state index contributed by atoms with van der Waals surface area (Å²) in [5.74, 6) is -0.949. The van der Waals surface area contributed by atoms with Crippen LogP contribution >= 0.6 is 0 Å². The molecule has 0 aliphatic heterocycles. The molecule has 4 heteroatoms. The molecule has 0 aliphatic carbocycles. The summed E-state index contributed by atoms with van der Waals surface area (Å²) < 4.78 is 13.5. The van der Waals surface area contributed by atoms with E-state index < -0.39 is 11.8 Å². The number of carbonyl (C=O) groups is 1. The van der Waals surface area contributed by atoms with Crippen LogP contribution in [0.3, 0.4) is 0 Å². The van der Waals surface area contributed by atoms with E-state index in [1.165, 1.54) is 6.07 Å². The molecule has 0 atom stereocenters. The molecule has 0 saturated heterocycles. The lowest BCUT2D eigenvalue weighted by molar-refractivity contribution is 0.0696. The second-order valence-corrected chi connectivity index (χ2v) is 5.16. The maximum atomic E-state index is 13.5. The fourth-order valence-electron chi connectivity index (χ4n) is 2.34. The Kier molecular flexibility index (Phi) is 6.65. The van der Waals surface area contributed by atoms with Crippen LogP contribution in [0.1, 0.15) is 49.5 Å². The zero-order chi connectivity index (χ0) is 15.1. The van der Waals surface area contributed by atoms with Crippen molar-refractivity contribution in [2.75, 3.05) is 13.1 Å². The molecular weight excluding hydrogens is 257 g/mol. The number of hydrogen-bond acceptors (Lipinski definition) is 2. The molecule has 3 nitrogen and oxygen atoms in total. The van der Waals surface area contributed by atoms with Crippen LogP contribution in [-0.2, 0) is 6.54 Å². The average Bonchev–Trinajstić information content (AvgIpc) is 2.42. The molecule has 0 aliphatic rings. The fourth-order valence-corrected chi connectivity index (χ4v) is 2.34. The quantitative estimate of drug-likeness (QED) is 0.788. The normalized spacial score (nSPS) is 11.3. The van der Waals surface area contributed by atoms with Crippen molar-refractivity contribution in [1.82, 2.24) is 4.90 Å². The Labute approximate surface area is 120 Å². The van der Waals surface area contributed by atoms with Gasteiger partial charge in [-0.25, -0.2) is 9.18 Å². The van der Waals surface area contributed by atoms with Gasteiger partial charge in [-0.3, -0.25) is 4.90 Å². The van der Waals surface area contributed by atoms with Crippen LogP contribution in [0.5, 0.6) is 0 Å². The number of carboxylic acids is 1. The van der Waals surface area contributed by atoms with Gasteiger partial charge in [0.05, 0.1) is 5.56 Å². The Morgan fingerprint density at radius 3 is 2.40 bits per heavy atom. The maximum absolute atomic E-state index is 13.5. The monoisotopic (exact) mass is 281 g/mol. The van der Waals surface area contributed by atoms with Gasteiger partial charge in [0.2, 0.25) is 0 Å². The minimum absolute atomic E-state index is 0.0126. The number of aromatic carboxylic acids is 1. The number of halogens is 1. The SMILES string of the molecule is CCC(CC)CN(CC)Cc1cc(F)cc(C(=O)O)c1. The Balaban J connectivity index is 2.81. The first-order valence-electron chi connectivity index (χ1n) is 7.25. The van der Waals surface area contributed by atoms with Gasteiger partial charge in [-0.1, -0.05) is 33.6 Å². The molecule has 1 aromatic rings. The molecule has 0 saturated carbocycles. The molecule has 0 heterocycles. The Hall–Kier alpha value is -1.42. The van der Waals surface area contributed by atoms with Gasteiger partial charge in [-0.2, -0.15) is 0 Å². The highest BCUT2D eigenvalue weighted by atomic mass is 19.1. The van der Waals surface area contributed by atoms with Gasteiger partial charge in [0.1, 0.15) is 5.82 Å². The standard InChI is InChI=1S/C16H24FNO2/c1-4-12(5-2)10-18(6-3)11-13-7-14(16(19)20)9-15(17)8-13/h7-9,12H,4-6,10-11H2,1-3H3,(H,19,20). The fraction of sp³-hybridized carbons (Fsp3) is 0.562. The Morgan fingerprint density at radius 2 is 1.90 bits per heavy atom. The minimum Gasteiger partial charge on any atom is -0.478 e. The van der Waals surface area contributed by atoms with E-state index in [1.807, 2.05) is 0 Å². The molecule has 0 amide bonds.